The minimum atomic E-state index is 0.344. The van der Waals surface area contributed by atoms with Crippen LogP contribution in [0, 0.1) is 6.92 Å². The lowest BCUT2D eigenvalue weighted by Crippen LogP contribution is -2.11. The number of nitrogens with zero attached hydrogens (tertiary/aromatic N) is 4. The van der Waals surface area contributed by atoms with E-state index in [1.54, 1.807) is 12.4 Å². The van der Waals surface area contributed by atoms with E-state index in [-0.39, 0.29) is 0 Å². The number of hydrogen-bond acceptors (Lipinski definition) is 5. The van der Waals surface area contributed by atoms with Gasteiger partial charge in [0, 0.05) is 24.5 Å². The van der Waals surface area contributed by atoms with Crippen LogP contribution in [0.4, 0.5) is 0 Å². The van der Waals surface area contributed by atoms with Crippen molar-refractivity contribution in [3.8, 4) is 17.0 Å². The van der Waals surface area contributed by atoms with Crippen LogP contribution in [0.5, 0.6) is 5.75 Å². The smallest absolute Gasteiger partial charge is 0.119 e. The van der Waals surface area contributed by atoms with Crippen LogP contribution >= 0.6 is 0 Å². The van der Waals surface area contributed by atoms with E-state index in [1.165, 1.54) is 5.56 Å². The third-order valence-electron chi connectivity index (χ3n) is 3.51. The standard InChI is InChI=1S/C17H19N5O/c1-13-3-2-4-15(11-13)23-10-9-22-17(16(12-18)20-21-22)14-5-7-19-8-6-14/h2-8,11H,9-10,12,18H2,1H3. The first-order chi connectivity index (χ1) is 11.3. The van der Waals surface area contributed by atoms with Gasteiger partial charge in [0.25, 0.3) is 0 Å². The van der Waals surface area contributed by atoms with E-state index in [2.05, 4.69) is 15.3 Å². The van der Waals surface area contributed by atoms with Gasteiger partial charge < -0.3 is 10.5 Å². The summed E-state index contributed by atoms with van der Waals surface area (Å²) in [7, 11) is 0. The highest BCUT2D eigenvalue weighted by molar-refractivity contribution is 5.61. The van der Waals surface area contributed by atoms with E-state index in [9.17, 15) is 0 Å². The quantitative estimate of drug-likeness (QED) is 0.755. The number of aryl methyl sites for hydroxylation is 1. The molecule has 0 aliphatic heterocycles. The second kappa shape index (κ2) is 7.02. The van der Waals surface area contributed by atoms with Crippen molar-refractivity contribution in [2.24, 2.45) is 5.73 Å². The highest BCUT2D eigenvalue weighted by Crippen LogP contribution is 2.21. The van der Waals surface area contributed by atoms with Gasteiger partial charge in [-0.25, -0.2) is 4.68 Å². The highest BCUT2D eigenvalue weighted by atomic mass is 16.5. The Bertz CT molecular complexity index is 770. The Morgan fingerprint density at radius 2 is 2.00 bits per heavy atom. The molecule has 2 N–H and O–H groups in total. The first-order valence-corrected chi connectivity index (χ1v) is 7.50. The van der Waals surface area contributed by atoms with Gasteiger partial charge in [-0.3, -0.25) is 4.98 Å². The van der Waals surface area contributed by atoms with Gasteiger partial charge in [-0.2, -0.15) is 0 Å². The molecule has 0 spiro atoms. The lowest BCUT2D eigenvalue weighted by atomic mass is 10.1. The summed E-state index contributed by atoms with van der Waals surface area (Å²) in [6, 6.07) is 11.8. The molecular weight excluding hydrogens is 290 g/mol. The summed E-state index contributed by atoms with van der Waals surface area (Å²) in [5.74, 6) is 0.856. The van der Waals surface area contributed by atoms with E-state index >= 15 is 0 Å². The average molecular weight is 309 g/mol. The monoisotopic (exact) mass is 309 g/mol. The number of rotatable bonds is 6. The molecule has 0 saturated heterocycles. The Balaban J connectivity index is 1.74. The van der Waals surface area contributed by atoms with Crippen LogP contribution in [0.1, 0.15) is 11.3 Å². The molecule has 23 heavy (non-hydrogen) atoms. The lowest BCUT2D eigenvalue weighted by Gasteiger charge is -2.10. The molecule has 0 saturated carbocycles. The van der Waals surface area contributed by atoms with Gasteiger partial charge in [0.2, 0.25) is 0 Å². The van der Waals surface area contributed by atoms with E-state index < -0.39 is 0 Å². The van der Waals surface area contributed by atoms with Crippen LogP contribution in [-0.4, -0.2) is 26.6 Å². The molecule has 0 radical (unpaired) electrons. The zero-order chi connectivity index (χ0) is 16.1. The van der Waals surface area contributed by atoms with Gasteiger partial charge in [-0.1, -0.05) is 17.3 Å². The molecule has 0 bridgehead atoms. The van der Waals surface area contributed by atoms with Crippen molar-refractivity contribution in [1.29, 1.82) is 0 Å². The van der Waals surface area contributed by atoms with Gasteiger partial charge in [0.1, 0.15) is 18.1 Å². The van der Waals surface area contributed by atoms with Gasteiger partial charge in [-0.05, 0) is 36.8 Å². The van der Waals surface area contributed by atoms with Crippen LogP contribution in [0.2, 0.25) is 0 Å². The Morgan fingerprint density at radius 1 is 1.17 bits per heavy atom. The predicted molar refractivity (Wildman–Crippen MR) is 87.8 cm³/mol. The van der Waals surface area contributed by atoms with Gasteiger partial charge in [0.15, 0.2) is 0 Å². The van der Waals surface area contributed by atoms with Crippen molar-refractivity contribution >= 4 is 0 Å². The van der Waals surface area contributed by atoms with Crippen LogP contribution in [-0.2, 0) is 13.1 Å². The average Bonchev–Trinajstić information content (AvgIpc) is 2.99. The number of benzene rings is 1. The molecule has 3 aromatic rings. The Labute approximate surface area is 134 Å². The fourth-order valence-corrected chi connectivity index (χ4v) is 2.42. The molecule has 0 aliphatic rings. The molecule has 2 heterocycles. The van der Waals surface area contributed by atoms with Gasteiger partial charge >= 0.3 is 0 Å². The van der Waals surface area contributed by atoms with Gasteiger partial charge in [0.05, 0.1) is 12.2 Å². The molecule has 2 aromatic heterocycles. The Morgan fingerprint density at radius 3 is 2.74 bits per heavy atom. The first kappa shape index (κ1) is 15.2. The second-order valence-corrected chi connectivity index (χ2v) is 5.21. The zero-order valence-electron chi connectivity index (χ0n) is 13.0. The van der Waals surface area contributed by atoms with Crippen molar-refractivity contribution < 1.29 is 4.74 Å². The fraction of sp³-hybridized carbons (Fsp3) is 0.235. The molecular formula is C17H19N5O. The van der Waals surface area contributed by atoms with Crippen molar-refractivity contribution in [1.82, 2.24) is 20.0 Å². The minimum absolute atomic E-state index is 0.344. The molecule has 0 atom stereocenters. The molecule has 0 amide bonds. The SMILES string of the molecule is Cc1cccc(OCCn2nnc(CN)c2-c2ccncc2)c1. The normalized spacial score (nSPS) is 10.7. The Kier molecular flexibility index (Phi) is 4.63. The number of pyridine rings is 1. The molecule has 6 nitrogen and oxygen atoms in total. The lowest BCUT2D eigenvalue weighted by molar-refractivity contribution is 0.290. The van der Waals surface area contributed by atoms with Crippen molar-refractivity contribution in [2.75, 3.05) is 6.61 Å². The minimum Gasteiger partial charge on any atom is -0.492 e. The third kappa shape index (κ3) is 3.54. The maximum Gasteiger partial charge on any atom is 0.119 e. The molecule has 0 fully saturated rings. The van der Waals surface area contributed by atoms with Crippen LogP contribution in [0.25, 0.3) is 11.3 Å². The van der Waals surface area contributed by atoms with E-state index in [1.807, 2.05) is 48.0 Å². The summed E-state index contributed by atoms with van der Waals surface area (Å²) in [6.45, 7) is 3.49. The van der Waals surface area contributed by atoms with Crippen LogP contribution < -0.4 is 10.5 Å². The summed E-state index contributed by atoms with van der Waals surface area (Å²) < 4.78 is 7.62. The number of aromatic nitrogens is 4. The second-order valence-electron chi connectivity index (χ2n) is 5.21. The van der Waals surface area contributed by atoms with Crippen molar-refractivity contribution in [2.45, 2.75) is 20.0 Å². The van der Waals surface area contributed by atoms with E-state index in [4.69, 9.17) is 10.5 Å². The summed E-state index contributed by atoms with van der Waals surface area (Å²) in [5, 5.41) is 8.36. The van der Waals surface area contributed by atoms with E-state index in [0.717, 1.165) is 22.7 Å². The molecule has 118 valence electrons. The molecule has 0 aliphatic carbocycles. The molecule has 0 unspecified atom stereocenters. The first-order valence-electron chi connectivity index (χ1n) is 7.50. The summed E-state index contributed by atoms with van der Waals surface area (Å²) >= 11 is 0. The summed E-state index contributed by atoms with van der Waals surface area (Å²) in [4.78, 5) is 4.04. The van der Waals surface area contributed by atoms with Crippen LogP contribution in [0.3, 0.4) is 0 Å². The van der Waals surface area contributed by atoms with Crippen molar-refractivity contribution in [3.63, 3.8) is 0 Å². The summed E-state index contributed by atoms with van der Waals surface area (Å²) in [5.41, 5.74) is 9.64. The summed E-state index contributed by atoms with van der Waals surface area (Å²) in [6.07, 6.45) is 3.49. The molecule has 6 heteroatoms. The van der Waals surface area contributed by atoms with E-state index in [0.29, 0.717) is 19.7 Å². The Hall–Kier alpha value is -2.73. The number of ether oxygens (including phenoxy) is 1. The molecule has 3 rings (SSSR count). The number of hydrogen-bond donors (Lipinski definition) is 1. The molecule has 1 aromatic carbocycles. The highest BCUT2D eigenvalue weighted by Gasteiger charge is 2.13. The van der Waals surface area contributed by atoms with Gasteiger partial charge in [-0.15, -0.1) is 5.10 Å². The predicted octanol–water partition coefficient (Wildman–Crippen LogP) is 2.19. The topological polar surface area (TPSA) is 78.8 Å². The largest absolute Gasteiger partial charge is 0.492 e. The maximum absolute atomic E-state index is 5.79. The maximum atomic E-state index is 5.79. The van der Waals surface area contributed by atoms with Crippen LogP contribution in [0.15, 0.2) is 48.8 Å². The number of nitrogens with two attached hydrogens (primary N) is 1. The van der Waals surface area contributed by atoms with Crippen molar-refractivity contribution in [3.05, 3.63) is 60.0 Å². The zero-order valence-corrected chi connectivity index (χ0v) is 13.0. The third-order valence-corrected chi connectivity index (χ3v) is 3.51. The fourth-order valence-electron chi connectivity index (χ4n) is 2.42.